The monoisotopic (exact) mass is 335 g/mol. The molecule has 3 heterocycles. The molecule has 1 aliphatic heterocycles. The Labute approximate surface area is 146 Å². The summed E-state index contributed by atoms with van der Waals surface area (Å²) in [6.45, 7) is 1.51. The normalized spacial score (nSPS) is 15.5. The van der Waals surface area contributed by atoms with Gasteiger partial charge in [-0.15, -0.1) is 0 Å². The molecule has 4 rings (SSSR count). The predicted molar refractivity (Wildman–Crippen MR) is 97.0 cm³/mol. The number of amides is 1. The molecule has 1 N–H and O–H groups in total. The fraction of sp³-hybridized carbons (Fsp3) is 0.300. The van der Waals surface area contributed by atoms with E-state index in [-0.39, 0.29) is 5.91 Å². The molecule has 5 nitrogen and oxygen atoms in total. The van der Waals surface area contributed by atoms with E-state index in [9.17, 15) is 4.79 Å². The van der Waals surface area contributed by atoms with Gasteiger partial charge >= 0.3 is 0 Å². The second-order valence-corrected chi connectivity index (χ2v) is 6.46. The molecule has 1 saturated heterocycles. The van der Waals surface area contributed by atoms with Crippen LogP contribution < -0.4 is 4.74 Å². The summed E-state index contributed by atoms with van der Waals surface area (Å²) in [4.78, 5) is 22.2. The highest BCUT2D eigenvalue weighted by Gasteiger charge is 2.25. The molecule has 5 heteroatoms. The zero-order valence-corrected chi connectivity index (χ0v) is 14.2. The van der Waals surface area contributed by atoms with E-state index in [2.05, 4.69) is 22.1 Å². The van der Waals surface area contributed by atoms with Crippen LogP contribution in [0.15, 0.2) is 48.7 Å². The van der Waals surface area contributed by atoms with Crippen LogP contribution in [0.2, 0.25) is 0 Å². The number of methoxy groups -OCH3 is 1. The highest BCUT2D eigenvalue weighted by molar-refractivity contribution is 5.94. The minimum absolute atomic E-state index is 0.0144. The largest absolute Gasteiger partial charge is 0.497 e. The highest BCUT2D eigenvalue weighted by atomic mass is 16.5. The van der Waals surface area contributed by atoms with Crippen molar-refractivity contribution in [3.63, 3.8) is 0 Å². The lowest BCUT2D eigenvalue weighted by Crippen LogP contribution is -2.38. The van der Waals surface area contributed by atoms with Gasteiger partial charge in [-0.3, -0.25) is 4.79 Å². The number of benzene rings is 1. The number of ether oxygens (including phenoxy) is 1. The Kier molecular flexibility index (Phi) is 4.14. The van der Waals surface area contributed by atoms with Crippen molar-refractivity contribution in [1.29, 1.82) is 0 Å². The summed E-state index contributed by atoms with van der Waals surface area (Å²) in [6, 6.07) is 13.9. The van der Waals surface area contributed by atoms with Gasteiger partial charge in [-0.25, -0.2) is 4.98 Å². The van der Waals surface area contributed by atoms with Crippen molar-refractivity contribution in [2.75, 3.05) is 20.2 Å². The van der Waals surface area contributed by atoms with E-state index < -0.39 is 0 Å². The predicted octanol–water partition coefficient (Wildman–Crippen LogP) is 3.59. The fourth-order valence-electron chi connectivity index (χ4n) is 3.52. The molecule has 0 aliphatic carbocycles. The lowest BCUT2D eigenvalue weighted by molar-refractivity contribution is 0.0707. The first kappa shape index (κ1) is 15.7. The van der Waals surface area contributed by atoms with E-state index in [1.807, 2.05) is 41.4 Å². The first-order valence-electron chi connectivity index (χ1n) is 8.62. The lowest BCUT2D eigenvalue weighted by atomic mass is 9.89. The van der Waals surface area contributed by atoms with Gasteiger partial charge in [0.05, 0.1) is 7.11 Å². The summed E-state index contributed by atoms with van der Waals surface area (Å²) in [7, 11) is 1.69. The smallest absolute Gasteiger partial charge is 0.272 e. The molecule has 2 aromatic heterocycles. The number of likely N-dealkylation sites (tertiary alicyclic amines) is 1. The molecule has 1 aliphatic rings. The van der Waals surface area contributed by atoms with Gasteiger partial charge in [0.25, 0.3) is 5.91 Å². The number of carbonyl (C=O) groups is 1. The van der Waals surface area contributed by atoms with E-state index >= 15 is 0 Å². The maximum absolute atomic E-state index is 12.7. The van der Waals surface area contributed by atoms with Crippen molar-refractivity contribution in [3.05, 3.63) is 59.9 Å². The minimum atomic E-state index is 0.0144. The van der Waals surface area contributed by atoms with Gasteiger partial charge in [0, 0.05) is 24.7 Å². The van der Waals surface area contributed by atoms with E-state index in [1.165, 1.54) is 5.56 Å². The zero-order valence-electron chi connectivity index (χ0n) is 14.2. The van der Waals surface area contributed by atoms with Gasteiger partial charge in [-0.1, -0.05) is 12.1 Å². The number of hydrogen-bond donors (Lipinski definition) is 1. The molecular formula is C20H21N3O2. The van der Waals surface area contributed by atoms with Gasteiger partial charge in [-0.05, 0) is 54.7 Å². The summed E-state index contributed by atoms with van der Waals surface area (Å²) in [5.41, 5.74) is 2.56. The van der Waals surface area contributed by atoms with E-state index in [0.29, 0.717) is 11.6 Å². The van der Waals surface area contributed by atoms with Crippen molar-refractivity contribution >= 4 is 16.9 Å². The van der Waals surface area contributed by atoms with Crippen LogP contribution in [0.1, 0.15) is 34.8 Å². The molecule has 0 unspecified atom stereocenters. The maximum atomic E-state index is 12.7. The fourth-order valence-corrected chi connectivity index (χ4v) is 3.52. The number of fused-ring (bicyclic) bond motifs is 1. The first-order chi connectivity index (χ1) is 12.2. The molecule has 0 saturated carbocycles. The van der Waals surface area contributed by atoms with Crippen LogP contribution in [0.4, 0.5) is 0 Å². The minimum Gasteiger partial charge on any atom is -0.497 e. The van der Waals surface area contributed by atoms with E-state index in [1.54, 1.807) is 7.11 Å². The first-order valence-corrected chi connectivity index (χ1v) is 8.62. The Morgan fingerprint density at radius 2 is 2.04 bits per heavy atom. The third-order valence-corrected chi connectivity index (χ3v) is 4.98. The van der Waals surface area contributed by atoms with Gasteiger partial charge in [0.1, 0.15) is 17.1 Å². The van der Waals surface area contributed by atoms with Crippen molar-refractivity contribution in [2.45, 2.75) is 18.8 Å². The summed E-state index contributed by atoms with van der Waals surface area (Å²) >= 11 is 0. The molecule has 1 amide bonds. The summed E-state index contributed by atoms with van der Waals surface area (Å²) in [5, 5.41) is 1.02. The highest BCUT2D eigenvalue weighted by Crippen LogP contribution is 2.30. The zero-order chi connectivity index (χ0) is 17.2. The number of nitrogens with zero attached hydrogens (tertiary/aromatic N) is 2. The van der Waals surface area contributed by atoms with Crippen LogP contribution in [0.5, 0.6) is 5.75 Å². The maximum Gasteiger partial charge on any atom is 0.272 e. The van der Waals surface area contributed by atoms with Crippen molar-refractivity contribution in [3.8, 4) is 5.75 Å². The molecule has 0 spiro atoms. The van der Waals surface area contributed by atoms with Crippen LogP contribution in [0.3, 0.4) is 0 Å². The average Bonchev–Trinajstić information content (AvgIpc) is 3.15. The average molecular weight is 335 g/mol. The number of hydrogen-bond acceptors (Lipinski definition) is 3. The Balaban J connectivity index is 1.44. The number of piperidine rings is 1. The number of nitrogens with one attached hydrogen (secondary N) is 1. The topological polar surface area (TPSA) is 58.2 Å². The number of pyridine rings is 1. The van der Waals surface area contributed by atoms with Crippen LogP contribution in [-0.4, -0.2) is 41.0 Å². The Hall–Kier alpha value is -2.82. The molecule has 0 atom stereocenters. The Morgan fingerprint density at radius 1 is 1.20 bits per heavy atom. The van der Waals surface area contributed by atoms with Crippen LogP contribution in [0, 0.1) is 0 Å². The molecule has 1 aromatic carbocycles. The number of aromatic nitrogens is 2. The molecule has 3 aromatic rings. The quantitative estimate of drug-likeness (QED) is 0.796. The molecule has 128 valence electrons. The lowest BCUT2D eigenvalue weighted by Gasteiger charge is -2.32. The molecule has 0 radical (unpaired) electrons. The van der Waals surface area contributed by atoms with Crippen molar-refractivity contribution in [1.82, 2.24) is 14.9 Å². The van der Waals surface area contributed by atoms with Gasteiger partial charge in [-0.2, -0.15) is 0 Å². The number of rotatable bonds is 3. The Morgan fingerprint density at radius 3 is 2.84 bits per heavy atom. The van der Waals surface area contributed by atoms with Crippen molar-refractivity contribution < 1.29 is 9.53 Å². The molecule has 1 fully saturated rings. The third kappa shape index (κ3) is 3.09. The molecule has 25 heavy (non-hydrogen) atoms. The standard InChI is InChI=1S/C20H21N3O2/c1-25-17-4-2-3-16(13-17)14-8-11-23(12-9-14)20(24)18-6-5-15-7-10-21-19(15)22-18/h2-7,10,13-14H,8-9,11-12H2,1H3,(H,21,22). The van der Waals surface area contributed by atoms with Crippen LogP contribution >= 0.6 is 0 Å². The third-order valence-electron chi connectivity index (χ3n) is 4.98. The number of carbonyl (C=O) groups excluding carboxylic acids is 1. The van der Waals surface area contributed by atoms with Gasteiger partial charge < -0.3 is 14.6 Å². The van der Waals surface area contributed by atoms with Crippen LogP contribution in [-0.2, 0) is 0 Å². The van der Waals surface area contributed by atoms with Crippen LogP contribution in [0.25, 0.3) is 11.0 Å². The van der Waals surface area contributed by atoms with E-state index in [0.717, 1.165) is 42.7 Å². The molecular weight excluding hydrogens is 314 g/mol. The summed E-state index contributed by atoms with van der Waals surface area (Å²) in [5.74, 6) is 1.37. The second-order valence-electron chi connectivity index (χ2n) is 6.46. The Bertz CT molecular complexity index is 895. The van der Waals surface area contributed by atoms with E-state index in [4.69, 9.17) is 4.74 Å². The number of aromatic amines is 1. The van der Waals surface area contributed by atoms with Gasteiger partial charge in [0.2, 0.25) is 0 Å². The van der Waals surface area contributed by atoms with Gasteiger partial charge in [0.15, 0.2) is 0 Å². The summed E-state index contributed by atoms with van der Waals surface area (Å²) in [6.07, 6.45) is 3.76. The molecule has 0 bridgehead atoms. The summed E-state index contributed by atoms with van der Waals surface area (Å²) < 4.78 is 5.32. The number of H-pyrrole nitrogens is 1. The van der Waals surface area contributed by atoms with Crippen molar-refractivity contribution in [2.24, 2.45) is 0 Å². The second kappa shape index (κ2) is 6.59. The SMILES string of the molecule is COc1cccc(C2CCN(C(=O)c3ccc4cc[nH]c4n3)CC2)c1.